The van der Waals surface area contributed by atoms with Crippen molar-refractivity contribution in [1.82, 2.24) is 0 Å². The lowest BCUT2D eigenvalue weighted by atomic mass is 9.98. The molecule has 2 aromatic carbocycles. The third-order valence-corrected chi connectivity index (χ3v) is 2.74. The Bertz CT molecular complexity index is 506. The van der Waals surface area contributed by atoms with Crippen molar-refractivity contribution < 1.29 is 4.39 Å². The Hall–Kier alpha value is -1.67. The minimum Gasteiger partial charge on any atom is -0.326 e. The molecule has 0 saturated carbocycles. The standard InChI is InChI=1S/C14H14FN/c1-10-13(6-3-7-14(10)15)12-5-2-4-11(8-12)9-16/h2-8H,9,16H2,1H3. The largest absolute Gasteiger partial charge is 0.326 e. The van der Waals surface area contributed by atoms with Gasteiger partial charge in [-0.3, -0.25) is 0 Å². The van der Waals surface area contributed by atoms with Crippen molar-refractivity contribution in [3.8, 4) is 11.1 Å². The second-order valence-electron chi connectivity index (χ2n) is 3.82. The van der Waals surface area contributed by atoms with Gasteiger partial charge in [0.1, 0.15) is 5.82 Å². The molecule has 0 fully saturated rings. The highest BCUT2D eigenvalue weighted by Gasteiger charge is 2.05. The van der Waals surface area contributed by atoms with Crippen LogP contribution in [0.5, 0.6) is 0 Å². The predicted molar refractivity (Wildman–Crippen MR) is 64.5 cm³/mol. The Morgan fingerprint density at radius 3 is 2.62 bits per heavy atom. The Labute approximate surface area is 94.7 Å². The molecule has 0 aliphatic heterocycles. The van der Waals surface area contributed by atoms with Crippen LogP contribution in [0.15, 0.2) is 42.5 Å². The van der Waals surface area contributed by atoms with Crippen LogP contribution in [0, 0.1) is 12.7 Å². The van der Waals surface area contributed by atoms with Crippen molar-refractivity contribution >= 4 is 0 Å². The van der Waals surface area contributed by atoms with Crippen LogP contribution >= 0.6 is 0 Å². The van der Waals surface area contributed by atoms with Gasteiger partial charge in [-0.1, -0.05) is 30.3 Å². The molecule has 2 heteroatoms. The fraction of sp³-hybridized carbons (Fsp3) is 0.143. The summed E-state index contributed by atoms with van der Waals surface area (Å²) in [5, 5.41) is 0. The molecule has 1 nitrogen and oxygen atoms in total. The van der Waals surface area contributed by atoms with Crippen LogP contribution in [0.3, 0.4) is 0 Å². The fourth-order valence-corrected chi connectivity index (χ4v) is 1.79. The summed E-state index contributed by atoms with van der Waals surface area (Å²) in [4.78, 5) is 0. The van der Waals surface area contributed by atoms with E-state index in [9.17, 15) is 4.39 Å². The number of hydrogen-bond donors (Lipinski definition) is 1. The number of benzene rings is 2. The van der Waals surface area contributed by atoms with Gasteiger partial charge in [0, 0.05) is 6.54 Å². The summed E-state index contributed by atoms with van der Waals surface area (Å²) < 4.78 is 13.4. The van der Waals surface area contributed by atoms with Gasteiger partial charge >= 0.3 is 0 Å². The molecule has 2 aromatic rings. The molecular weight excluding hydrogens is 201 g/mol. The summed E-state index contributed by atoms with van der Waals surface area (Å²) >= 11 is 0. The molecule has 2 N–H and O–H groups in total. The molecule has 0 amide bonds. The van der Waals surface area contributed by atoms with E-state index in [4.69, 9.17) is 5.73 Å². The van der Waals surface area contributed by atoms with Gasteiger partial charge in [0.2, 0.25) is 0 Å². The van der Waals surface area contributed by atoms with Crippen molar-refractivity contribution in [2.24, 2.45) is 5.73 Å². The predicted octanol–water partition coefficient (Wildman–Crippen LogP) is 3.26. The minimum absolute atomic E-state index is 0.171. The van der Waals surface area contributed by atoms with Crippen molar-refractivity contribution in [3.05, 3.63) is 59.4 Å². The highest BCUT2D eigenvalue weighted by molar-refractivity contribution is 5.67. The Balaban J connectivity index is 2.54. The van der Waals surface area contributed by atoms with E-state index in [0.717, 1.165) is 16.7 Å². The zero-order chi connectivity index (χ0) is 11.5. The van der Waals surface area contributed by atoms with Gasteiger partial charge in [0.15, 0.2) is 0 Å². The summed E-state index contributed by atoms with van der Waals surface area (Å²) in [7, 11) is 0. The maximum Gasteiger partial charge on any atom is 0.126 e. The lowest BCUT2D eigenvalue weighted by molar-refractivity contribution is 0.619. The van der Waals surface area contributed by atoms with Gasteiger partial charge in [0.05, 0.1) is 0 Å². The van der Waals surface area contributed by atoms with Gasteiger partial charge in [-0.25, -0.2) is 4.39 Å². The number of halogens is 1. The highest BCUT2D eigenvalue weighted by atomic mass is 19.1. The highest BCUT2D eigenvalue weighted by Crippen LogP contribution is 2.25. The number of hydrogen-bond acceptors (Lipinski definition) is 1. The molecule has 2 rings (SSSR count). The Morgan fingerprint density at radius 2 is 1.88 bits per heavy atom. The molecule has 0 aromatic heterocycles. The van der Waals surface area contributed by atoms with Crippen LogP contribution < -0.4 is 5.73 Å². The normalized spacial score (nSPS) is 10.4. The number of rotatable bonds is 2. The second kappa shape index (κ2) is 4.45. The molecule has 0 unspecified atom stereocenters. The first-order valence-corrected chi connectivity index (χ1v) is 5.27. The van der Waals surface area contributed by atoms with Crippen molar-refractivity contribution in [1.29, 1.82) is 0 Å². The van der Waals surface area contributed by atoms with Gasteiger partial charge in [-0.2, -0.15) is 0 Å². The monoisotopic (exact) mass is 215 g/mol. The van der Waals surface area contributed by atoms with Gasteiger partial charge in [-0.15, -0.1) is 0 Å². The molecular formula is C14H14FN. The van der Waals surface area contributed by atoms with E-state index >= 15 is 0 Å². The average molecular weight is 215 g/mol. The Morgan fingerprint density at radius 1 is 1.12 bits per heavy atom. The molecule has 0 aliphatic rings. The lowest BCUT2D eigenvalue weighted by Gasteiger charge is -2.08. The SMILES string of the molecule is Cc1c(F)cccc1-c1cccc(CN)c1. The maximum atomic E-state index is 13.4. The molecule has 0 atom stereocenters. The zero-order valence-electron chi connectivity index (χ0n) is 9.20. The molecule has 82 valence electrons. The van der Waals surface area contributed by atoms with E-state index < -0.39 is 0 Å². The van der Waals surface area contributed by atoms with Crippen molar-refractivity contribution in [2.45, 2.75) is 13.5 Å². The summed E-state index contributed by atoms with van der Waals surface area (Å²) in [5.74, 6) is -0.171. The van der Waals surface area contributed by atoms with Crippen LogP contribution in [-0.4, -0.2) is 0 Å². The third-order valence-electron chi connectivity index (χ3n) is 2.74. The Kier molecular flexibility index (Phi) is 3.02. The van der Waals surface area contributed by atoms with Crippen molar-refractivity contribution in [3.63, 3.8) is 0 Å². The van der Waals surface area contributed by atoms with E-state index in [2.05, 4.69) is 0 Å². The smallest absolute Gasteiger partial charge is 0.126 e. The van der Waals surface area contributed by atoms with E-state index in [-0.39, 0.29) is 5.82 Å². The van der Waals surface area contributed by atoms with Gasteiger partial charge < -0.3 is 5.73 Å². The summed E-state index contributed by atoms with van der Waals surface area (Å²) in [5.41, 5.74) is 9.26. The van der Waals surface area contributed by atoms with E-state index in [0.29, 0.717) is 12.1 Å². The molecule has 0 spiro atoms. The first-order valence-electron chi connectivity index (χ1n) is 5.27. The first kappa shape index (κ1) is 10.8. The first-order chi connectivity index (χ1) is 7.72. The molecule has 0 bridgehead atoms. The van der Waals surface area contributed by atoms with E-state index in [1.54, 1.807) is 13.0 Å². The van der Waals surface area contributed by atoms with E-state index in [1.807, 2.05) is 30.3 Å². The third kappa shape index (κ3) is 1.97. The second-order valence-corrected chi connectivity index (χ2v) is 3.82. The van der Waals surface area contributed by atoms with Gasteiger partial charge in [0.25, 0.3) is 0 Å². The molecule has 0 radical (unpaired) electrons. The molecule has 16 heavy (non-hydrogen) atoms. The molecule has 0 aliphatic carbocycles. The molecule has 0 heterocycles. The maximum absolute atomic E-state index is 13.4. The van der Waals surface area contributed by atoms with Crippen LogP contribution in [0.4, 0.5) is 4.39 Å². The topological polar surface area (TPSA) is 26.0 Å². The minimum atomic E-state index is -0.171. The summed E-state index contributed by atoms with van der Waals surface area (Å²) in [6.07, 6.45) is 0. The van der Waals surface area contributed by atoms with Crippen LogP contribution in [0.2, 0.25) is 0 Å². The number of nitrogens with two attached hydrogens (primary N) is 1. The van der Waals surface area contributed by atoms with Crippen molar-refractivity contribution in [2.75, 3.05) is 0 Å². The van der Waals surface area contributed by atoms with E-state index in [1.165, 1.54) is 6.07 Å². The van der Waals surface area contributed by atoms with Crippen LogP contribution in [0.1, 0.15) is 11.1 Å². The summed E-state index contributed by atoms with van der Waals surface area (Å²) in [6.45, 7) is 2.29. The lowest BCUT2D eigenvalue weighted by Crippen LogP contribution is -1.96. The summed E-state index contributed by atoms with van der Waals surface area (Å²) in [6, 6.07) is 13.0. The fourth-order valence-electron chi connectivity index (χ4n) is 1.79. The zero-order valence-corrected chi connectivity index (χ0v) is 9.20. The van der Waals surface area contributed by atoms with Crippen LogP contribution in [0.25, 0.3) is 11.1 Å². The average Bonchev–Trinajstić information content (AvgIpc) is 2.33. The van der Waals surface area contributed by atoms with Crippen LogP contribution in [-0.2, 0) is 6.54 Å². The van der Waals surface area contributed by atoms with Gasteiger partial charge in [-0.05, 0) is 41.3 Å². The quantitative estimate of drug-likeness (QED) is 0.817. The molecule has 0 saturated heterocycles.